The smallest absolute Gasteiger partial charge is 0.160 e. The highest BCUT2D eigenvalue weighted by molar-refractivity contribution is 5.98. The molecule has 3 heterocycles. The van der Waals surface area contributed by atoms with Crippen molar-refractivity contribution in [2.45, 2.75) is 12.3 Å². The van der Waals surface area contributed by atoms with Gasteiger partial charge < -0.3 is 0 Å². The normalized spacial score (nSPS) is 20.1. The number of nitrogens with one attached hydrogen (secondary N) is 1. The van der Waals surface area contributed by atoms with Crippen molar-refractivity contribution in [1.29, 1.82) is 0 Å². The summed E-state index contributed by atoms with van der Waals surface area (Å²) in [4.78, 5) is 0. The summed E-state index contributed by atoms with van der Waals surface area (Å²) in [5.74, 6) is 1.20. The van der Waals surface area contributed by atoms with E-state index < -0.39 is 0 Å². The number of rotatable bonds is 2. The first kappa shape index (κ1) is 14.1. The molecule has 0 saturated carbocycles. The van der Waals surface area contributed by atoms with Gasteiger partial charge in [0.05, 0.1) is 11.6 Å². The fourth-order valence-electron chi connectivity index (χ4n) is 3.79. The number of hydrogen-bond acceptors (Lipinski definition) is 4. The van der Waals surface area contributed by atoms with Crippen LogP contribution in [0.1, 0.15) is 28.2 Å². The van der Waals surface area contributed by atoms with Gasteiger partial charge in [-0.25, -0.2) is 5.01 Å². The minimum Gasteiger partial charge on any atom is -0.217 e. The molecular weight excluding hydrogens is 308 g/mol. The Hall–Kier alpha value is -3.27. The Morgan fingerprint density at radius 3 is 3.00 bits per heavy atom. The zero-order valence-corrected chi connectivity index (χ0v) is 13.8. The summed E-state index contributed by atoms with van der Waals surface area (Å²) in [6, 6.07) is 17.2. The van der Waals surface area contributed by atoms with Crippen LogP contribution in [0.5, 0.6) is 0 Å². The number of hydrazone groups is 1. The number of hydrogen-bond donors (Lipinski definition) is 1. The predicted molar refractivity (Wildman–Crippen MR) is 101 cm³/mol. The number of amidine groups is 1. The van der Waals surface area contributed by atoms with E-state index in [4.69, 9.17) is 0 Å². The van der Waals surface area contributed by atoms with Crippen molar-refractivity contribution in [2.75, 3.05) is 0 Å². The molecule has 4 heteroatoms. The second kappa shape index (κ2) is 5.38. The Kier molecular flexibility index (Phi) is 3.04. The average Bonchev–Trinajstić information content (AvgIpc) is 3.04. The molecule has 0 aromatic heterocycles. The summed E-state index contributed by atoms with van der Waals surface area (Å²) in [7, 11) is 0. The maximum Gasteiger partial charge on any atom is 0.160 e. The van der Waals surface area contributed by atoms with Gasteiger partial charge >= 0.3 is 0 Å². The van der Waals surface area contributed by atoms with E-state index in [1.165, 1.54) is 16.7 Å². The molecule has 3 aliphatic rings. The fraction of sp³-hybridized carbons (Fsp3) is 0.0952. The number of hydrazine groups is 2. The fourth-order valence-corrected chi connectivity index (χ4v) is 3.79. The van der Waals surface area contributed by atoms with Gasteiger partial charge in [-0.2, -0.15) is 10.7 Å². The molecule has 1 N–H and O–H groups in total. The van der Waals surface area contributed by atoms with Gasteiger partial charge in [0.25, 0.3) is 0 Å². The highest BCUT2D eigenvalue weighted by Gasteiger charge is 2.38. The molecule has 2 aromatic carbocycles. The lowest BCUT2D eigenvalue weighted by Crippen LogP contribution is -2.42. The Balaban J connectivity index is 1.70. The zero-order chi connectivity index (χ0) is 16.8. The molecule has 1 unspecified atom stereocenters. The maximum atomic E-state index is 4.66. The van der Waals surface area contributed by atoms with Crippen LogP contribution in [0.4, 0.5) is 0 Å². The van der Waals surface area contributed by atoms with Crippen LogP contribution in [-0.4, -0.2) is 16.0 Å². The van der Waals surface area contributed by atoms with Crippen LogP contribution < -0.4 is 5.53 Å². The van der Waals surface area contributed by atoms with E-state index in [9.17, 15) is 0 Å². The van der Waals surface area contributed by atoms with E-state index in [0.717, 1.165) is 23.5 Å². The molecule has 1 atom stereocenters. The molecule has 4 nitrogen and oxygen atoms in total. The van der Waals surface area contributed by atoms with Crippen LogP contribution in [0.15, 0.2) is 78.6 Å². The zero-order valence-electron chi connectivity index (χ0n) is 13.8. The highest BCUT2D eigenvalue weighted by atomic mass is 15.9. The number of benzene rings is 2. The lowest BCUT2D eigenvalue weighted by atomic mass is 9.89. The maximum absolute atomic E-state index is 4.66. The molecule has 0 radical (unpaired) electrons. The Morgan fingerprint density at radius 1 is 1.16 bits per heavy atom. The van der Waals surface area contributed by atoms with E-state index >= 15 is 0 Å². The SMILES string of the molecule is C=Cc1cccc(C2Cc3ccccc3C3=CC=CN4NN=C2N34)c1. The van der Waals surface area contributed by atoms with Crippen molar-refractivity contribution >= 4 is 17.6 Å². The van der Waals surface area contributed by atoms with Crippen LogP contribution in [0.3, 0.4) is 0 Å². The first-order valence-corrected chi connectivity index (χ1v) is 8.47. The molecule has 2 aromatic rings. The average molecular weight is 326 g/mol. The molecular formula is C21H18N4. The standard InChI is InChI=1S/C21H18N4/c1-2-15-7-5-9-16(13-15)19-14-17-8-3-4-10-18(17)20-11-6-12-24-23-22-21(19)25(20)24/h2-13,19,23H,1,14H2. The van der Waals surface area contributed by atoms with E-state index in [0.29, 0.717) is 0 Å². The lowest BCUT2D eigenvalue weighted by Gasteiger charge is -2.32. The molecule has 0 amide bonds. The van der Waals surface area contributed by atoms with Crippen LogP contribution in [0.2, 0.25) is 0 Å². The van der Waals surface area contributed by atoms with Gasteiger partial charge in [0.15, 0.2) is 5.84 Å². The van der Waals surface area contributed by atoms with E-state index in [1.807, 2.05) is 23.5 Å². The van der Waals surface area contributed by atoms with Gasteiger partial charge in [0.1, 0.15) is 0 Å². The Morgan fingerprint density at radius 2 is 2.08 bits per heavy atom. The van der Waals surface area contributed by atoms with Crippen molar-refractivity contribution in [1.82, 2.24) is 15.7 Å². The molecule has 0 bridgehead atoms. The summed E-state index contributed by atoms with van der Waals surface area (Å²) in [5, 5.41) is 8.78. The van der Waals surface area contributed by atoms with Crippen molar-refractivity contribution in [2.24, 2.45) is 5.10 Å². The molecule has 3 aliphatic heterocycles. The lowest BCUT2D eigenvalue weighted by molar-refractivity contribution is 0.130. The number of allylic oxidation sites excluding steroid dienone is 2. The molecule has 0 fully saturated rings. The van der Waals surface area contributed by atoms with Crippen molar-refractivity contribution in [3.8, 4) is 0 Å². The minimum atomic E-state index is 0.177. The summed E-state index contributed by atoms with van der Waals surface area (Å²) in [5.41, 5.74) is 9.26. The molecule has 0 aliphatic carbocycles. The van der Waals surface area contributed by atoms with Gasteiger partial charge in [-0.05, 0) is 35.3 Å². The summed E-state index contributed by atoms with van der Waals surface area (Å²) in [6.45, 7) is 3.91. The van der Waals surface area contributed by atoms with Crippen LogP contribution >= 0.6 is 0 Å². The van der Waals surface area contributed by atoms with Gasteiger partial charge in [0.2, 0.25) is 0 Å². The first-order chi connectivity index (χ1) is 12.3. The number of nitrogens with zero attached hydrogens (tertiary/aromatic N) is 3. The van der Waals surface area contributed by atoms with Gasteiger partial charge in [-0.3, -0.25) is 0 Å². The quantitative estimate of drug-likeness (QED) is 0.908. The molecule has 5 rings (SSSR count). The van der Waals surface area contributed by atoms with Gasteiger partial charge in [0, 0.05) is 11.8 Å². The monoisotopic (exact) mass is 326 g/mol. The molecule has 25 heavy (non-hydrogen) atoms. The second-order valence-electron chi connectivity index (χ2n) is 6.41. The molecule has 122 valence electrons. The predicted octanol–water partition coefficient (Wildman–Crippen LogP) is 3.89. The molecule has 0 spiro atoms. The van der Waals surface area contributed by atoms with Gasteiger partial charge in [-0.15, -0.1) is 5.10 Å². The third-order valence-corrected chi connectivity index (χ3v) is 4.99. The Bertz CT molecular complexity index is 954. The van der Waals surface area contributed by atoms with E-state index in [-0.39, 0.29) is 5.92 Å². The highest BCUT2D eigenvalue weighted by Crippen LogP contribution is 2.39. The first-order valence-electron chi connectivity index (χ1n) is 8.47. The second-order valence-corrected chi connectivity index (χ2v) is 6.41. The van der Waals surface area contributed by atoms with Crippen LogP contribution in [0.25, 0.3) is 11.8 Å². The van der Waals surface area contributed by atoms with E-state index in [2.05, 4.69) is 76.8 Å². The largest absolute Gasteiger partial charge is 0.217 e. The third kappa shape index (κ3) is 2.11. The van der Waals surface area contributed by atoms with Gasteiger partial charge in [-0.1, -0.05) is 61.2 Å². The summed E-state index contributed by atoms with van der Waals surface area (Å²) < 4.78 is 0. The van der Waals surface area contributed by atoms with E-state index in [1.54, 1.807) is 0 Å². The Labute approximate surface area is 147 Å². The third-order valence-electron chi connectivity index (χ3n) is 4.99. The van der Waals surface area contributed by atoms with Crippen molar-refractivity contribution in [3.05, 3.63) is 95.7 Å². The summed E-state index contributed by atoms with van der Waals surface area (Å²) >= 11 is 0. The van der Waals surface area contributed by atoms with Crippen molar-refractivity contribution < 1.29 is 0 Å². The molecule has 0 saturated heterocycles. The number of fused-ring (bicyclic) bond motifs is 2. The van der Waals surface area contributed by atoms with Crippen LogP contribution in [-0.2, 0) is 6.42 Å². The topological polar surface area (TPSA) is 30.9 Å². The summed E-state index contributed by atoms with van der Waals surface area (Å²) in [6.07, 6.45) is 9.00. The minimum absolute atomic E-state index is 0.177. The van der Waals surface area contributed by atoms with Crippen LogP contribution in [0, 0.1) is 0 Å². The van der Waals surface area contributed by atoms with Crippen molar-refractivity contribution in [3.63, 3.8) is 0 Å².